The van der Waals surface area contributed by atoms with E-state index >= 15 is 0 Å². The second-order valence-electron chi connectivity index (χ2n) is 6.38. The van der Waals surface area contributed by atoms with Gasteiger partial charge in [-0.2, -0.15) is 14.8 Å². The molecule has 152 valence electrons. The van der Waals surface area contributed by atoms with Gasteiger partial charge in [-0.05, 0) is 18.4 Å². The molecule has 4 heterocycles. The Morgan fingerprint density at radius 2 is 2.10 bits per heavy atom. The minimum absolute atomic E-state index is 0.0427. The van der Waals surface area contributed by atoms with Gasteiger partial charge in [0.15, 0.2) is 0 Å². The average Bonchev–Trinajstić information content (AvgIpc) is 3.44. The van der Waals surface area contributed by atoms with Crippen LogP contribution in [0.4, 0.5) is 5.82 Å². The average molecular weight is 423 g/mol. The maximum absolute atomic E-state index is 12.9. The van der Waals surface area contributed by atoms with Crippen molar-refractivity contribution in [3.8, 4) is 16.5 Å². The number of methoxy groups -OCH3 is 1. The number of ether oxygens (including phenoxy) is 1. The van der Waals surface area contributed by atoms with Gasteiger partial charge in [-0.15, -0.1) is 16.4 Å². The summed E-state index contributed by atoms with van der Waals surface area (Å²) in [6.07, 6.45) is 1.54. The van der Waals surface area contributed by atoms with Crippen LogP contribution in [-0.4, -0.2) is 50.2 Å². The van der Waals surface area contributed by atoms with Crippen molar-refractivity contribution in [2.45, 2.75) is 6.92 Å². The molecule has 0 radical (unpaired) electrons. The molecule has 0 aliphatic carbocycles. The van der Waals surface area contributed by atoms with Gasteiger partial charge < -0.3 is 10.1 Å². The van der Waals surface area contributed by atoms with Crippen LogP contribution in [0.2, 0.25) is 0 Å². The number of carbonyl (C=O) groups excluding carboxylic acids is 2. The summed E-state index contributed by atoms with van der Waals surface area (Å²) < 4.78 is 7.96. The molecule has 0 bridgehead atoms. The molecule has 0 aromatic carbocycles. The second kappa shape index (κ2) is 7.52. The normalized spacial score (nSPS) is 13.8. The lowest BCUT2D eigenvalue weighted by molar-refractivity contribution is -0.113. The molecule has 1 N–H and O–H groups in total. The molecule has 10 nitrogen and oxygen atoms in total. The van der Waals surface area contributed by atoms with Crippen LogP contribution in [-0.2, 0) is 11.8 Å². The first-order valence-electron chi connectivity index (χ1n) is 8.78. The molecule has 4 rings (SSSR count). The number of anilines is 1. The van der Waals surface area contributed by atoms with E-state index in [0.29, 0.717) is 17.2 Å². The number of nitrogens with zero attached hydrogens (tertiary/aromatic N) is 6. The number of aliphatic imine (C=N–C) groups is 2. The van der Waals surface area contributed by atoms with Gasteiger partial charge in [-0.3, -0.25) is 14.3 Å². The number of nitrogens with one attached hydrogen (secondary N) is 1. The summed E-state index contributed by atoms with van der Waals surface area (Å²) in [4.78, 5) is 34.2. The highest BCUT2D eigenvalue weighted by molar-refractivity contribution is 7.13. The van der Waals surface area contributed by atoms with Gasteiger partial charge >= 0.3 is 0 Å². The number of hydrogen-bond donors (Lipinski definition) is 1. The van der Waals surface area contributed by atoms with E-state index in [4.69, 9.17) is 4.74 Å². The summed E-state index contributed by atoms with van der Waals surface area (Å²) >= 11 is 1.49. The SMILES string of the molecule is C=C1C(=O)N=C(n2nc(-c3cccs3)cc2NC(=O)c2cn(C)nc2OC)N=C1C. The molecule has 0 atom stereocenters. The molecule has 0 fully saturated rings. The van der Waals surface area contributed by atoms with Gasteiger partial charge in [-0.25, -0.2) is 4.99 Å². The Hall–Kier alpha value is -3.86. The van der Waals surface area contributed by atoms with Crippen LogP contribution >= 0.6 is 11.3 Å². The summed E-state index contributed by atoms with van der Waals surface area (Å²) in [5.41, 5.74) is 1.51. The van der Waals surface area contributed by atoms with Crippen molar-refractivity contribution in [3.05, 3.63) is 47.5 Å². The fourth-order valence-electron chi connectivity index (χ4n) is 2.78. The van der Waals surface area contributed by atoms with Gasteiger partial charge in [0, 0.05) is 19.3 Å². The Balaban J connectivity index is 1.77. The molecule has 11 heteroatoms. The second-order valence-corrected chi connectivity index (χ2v) is 7.32. The highest BCUT2D eigenvalue weighted by Crippen LogP contribution is 2.27. The van der Waals surface area contributed by atoms with Crippen LogP contribution < -0.4 is 10.1 Å². The first-order valence-corrected chi connectivity index (χ1v) is 9.66. The summed E-state index contributed by atoms with van der Waals surface area (Å²) in [6.45, 7) is 5.34. The zero-order chi connectivity index (χ0) is 21.4. The largest absolute Gasteiger partial charge is 0.479 e. The van der Waals surface area contributed by atoms with Gasteiger partial charge in [0.2, 0.25) is 5.88 Å². The van der Waals surface area contributed by atoms with Gasteiger partial charge in [-0.1, -0.05) is 12.6 Å². The van der Waals surface area contributed by atoms with E-state index in [9.17, 15) is 9.59 Å². The summed E-state index contributed by atoms with van der Waals surface area (Å²) in [7, 11) is 3.12. The molecule has 0 spiro atoms. The van der Waals surface area contributed by atoms with E-state index in [0.717, 1.165) is 4.88 Å². The van der Waals surface area contributed by atoms with Crippen LogP contribution in [0.3, 0.4) is 0 Å². The Morgan fingerprint density at radius 1 is 1.30 bits per heavy atom. The number of carbonyl (C=O) groups is 2. The molecule has 30 heavy (non-hydrogen) atoms. The lowest BCUT2D eigenvalue weighted by Gasteiger charge is -2.12. The number of rotatable bonds is 4. The number of thiophene rings is 1. The van der Waals surface area contributed by atoms with Crippen molar-refractivity contribution in [2.24, 2.45) is 17.0 Å². The third-order valence-corrected chi connectivity index (χ3v) is 5.20. The maximum atomic E-state index is 12.9. The zero-order valence-electron chi connectivity index (χ0n) is 16.4. The monoisotopic (exact) mass is 423 g/mol. The topological polar surface area (TPSA) is 116 Å². The summed E-state index contributed by atoms with van der Waals surface area (Å²) in [5.74, 6) is -0.426. The third kappa shape index (κ3) is 3.46. The molecule has 3 aromatic heterocycles. The van der Waals surface area contributed by atoms with Crippen LogP contribution in [0.25, 0.3) is 10.6 Å². The van der Waals surface area contributed by atoms with E-state index in [1.807, 2.05) is 17.5 Å². The quantitative estimate of drug-likeness (QED) is 0.647. The molecule has 3 aromatic rings. The van der Waals surface area contributed by atoms with Crippen LogP contribution in [0.15, 0.2) is 51.9 Å². The smallest absolute Gasteiger partial charge is 0.281 e. The Labute approximate surface area is 175 Å². The Kier molecular flexibility index (Phi) is 4.88. The van der Waals surface area contributed by atoms with E-state index in [1.54, 1.807) is 26.2 Å². The predicted octanol–water partition coefficient (Wildman–Crippen LogP) is 2.37. The fraction of sp³-hybridized carbons (Fsp3) is 0.158. The van der Waals surface area contributed by atoms with E-state index in [1.165, 1.54) is 27.8 Å². The standard InChI is InChI=1S/C19H17N7O3S/c1-10-11(2)20-19(22-16(10)27)26-15(8-13(23-26)14-6-5-7-30-14)21-17(28)12-9-25(3)24-18(12)29-4/h5-9H,1H2,2-4H3,(H,21,28). The fourth-order valence-corrected chi connectivity index (χ4v) is 3.46. The lowest BCUT2D eigenvalue weighted by Crippen LogP contribution is -2.25. The van der Waals surface area contributed by atoms with Crippen molar-refractivity contribution in [2.75, 3.05) is 12.4 Å². The number of amides is 2. The van der Waals surface area contributed by atoms with Crippen LogP contribution in [0.5, 0.6) is 5.88 Å². The van der Waals surface area contributed by atoms with Gasteiger partial charge in [0.1, 0.15) is 17.1 Å². The molecule has 2 amide bonds. The molecule has 0 unspecified atom stereocenters. The van der Waals surface area contributed by atoms with E-state index in [-0.39, 0.29) is 23.0 Å². The molecule has 0 saturated carbocycles. The van der Waals surface area contributed by atoms with Crippen molar-refractivity contribution in [1.82, 2.24) is 19.6 Å². The van der Waals surface area contributed by atoms with Crippen molar-refractivity contribution >= 4 is 40.6 Å². The highest BCUT2D eigenvalue weighted by Gasteiger charge is 2.24. The van der Waals surface area contributed by atoms with Gasteiger partial charge in [0.05, 0.1) is 23.3 Å². The first-order chi connectivity index (χ1) is 14.4. The van der Waals surface area contributed by atoms with E-state index < -0.39 is 11.8 Å². The Morgan fingerprint density at radius 3 is 2.77 bits per heavy atom. The number of hydrogen-bond acceptors (Lipinski definition) is 7. The third-order valence-electron chi connectivity index (χ3n) is 4.31. The summed E-state index contributed by atoms with van der Waals surface area (Å²) in [6, 6.07) is 5.48. The van der Waals surface area contributed by atoms with Gasteiger partial charge in [0.25, 0.3) is 17.8 Å². The van der Waals surface area contributed by atoms with Crippen LogP contribution in [0.1, 0.15) is 17.3 Å². The summed E-state index contributed by atoms with van der Waals surface area (Å²) in [5, 5.41) is 13.3. The van der Waals surface area contributed by atoms with Crippen molar-refractivity contribution < 1.29 is 14.3 Å². The lowest BCUT2D eigenvalue weighted by atomic mass is 10.2. The molecular formula is C19H17N7O3S. The minimum Gasteiger partial charge on any atom is -0.479 e. The molecule has 1 aliphatic rings. The first kappa shape index (κ1) is 19.5. The van der Waals surface area contributed by atoms with Crippen molar-refractivity contribution in [3.63, 3.8) is 0 Å². The van der Waals surface area contributed by atoms with Crippen LogP contribution in [0, 0.1) is 0 Å². The molecule has 1 aliphatic heterocycles. The minimum atomic E-state index is -0.503. The maximum Gasteiger partial charge on any atom is 0.281 e. The Bertz CT molecular complexity index is 1230. The van der Waals surface area contributed by atoms with E-state index in [2.05, 4.69) is 32.1 Å². The molecular weight excluding hydrogens is 406 g/mol. The van der Waals surface area contributed by atoms with Crippen molar-refractivity contribution in [1.29, 1.82) is 0 Å². The zero-order valence-corrected chi connectivity index (χ0v) is 17.2. The highest BCUT2D eigenvalue weighted by atomic mass is 32.1. The number of aryl methyl sites for hydroxylation is 1. The predicted molar refractivity (Wildman–Crippen MR) is 113 cm³/mol. The molecule has 0 saturated heterocycles. The number of aromatic nitrogens is 4.